The molecule has 0 spiro atoms. The second-order valence-electron chi connectivity index (χ2n) is 7.77. The van der Waals surface area contributed by atoms with Gasteiger partial charge >= 0.3 is 0 Å². The fourth-order valence-electron chi connectivity index (χ4n) is 3.23. The van der Waals surface area contributed by atoms with Gasteiger partial charge in [-0.15, -0.1) is 0 Å². The van der Waals surface area contributed by atoms with Crippen molar-refractivity contribution in [2.75, 3.05) is 66.6 Å². The molecule has 1 aromatic rings. The number of benzene rings is 1. The van der Waals surface area contributed by atoms with Gasteiger partial charge in [-0.25, -0.2) is 0 Å². The number of aliphatic hydroxyl groups excluding tert-OH is 1. The SMILES string of the molecule is COCCN(Cc1ccc(OCC(O)CN2CCN(C)CC2)cc1)C(C)C. The van der Waals surface area contributed by atoms with Crippen molar-refractivity contribution in [3.8, 4) is 5.75 Å². The topological polar surface area (TPSA) is 48.4 Å². The number of hydrogen-bond acceptors (Lipinski definition) is 6. The van der Waals surface area contributed by atoms with Gasteiger partial charge in [0.05, 0.1) is 6.61 Å². The van der Waals surface area contributed by atoms with E-state index in [-0.39, 0.29) is 0 Å². The summed E-state index contributed by atoms with van der Waals surface area (Å²) in [6.45, 7) is 12.1. The van der Waals surface area contributed by atoms with E-state index >= 15 is 0 Å². The van der Waals surface area contributed by atoms with Gasteiger partial charge in [0.25, 0.3) is 0 Å². The highest BCUT2D eigenvalue weighted by molar-refractivity contribution is 5.27. The minimum Gasteiger partial charge on any atom is -0.491 e. The van der Waals surface area contributed by atoms with E-state index in [9.17, 15) is 5.11 Å². The van der Waals surface area contributed by atoms with Crippen molar-refractivity contribution < 1.29 is 14.6 Å². The lowest BCUT2D eigenvalue weighted by molar-refractivity contribution is 0.0504. The van der Waals surface area contributed by atoms with Gasteiger partial charge in [-0.1, -0.05) is 12.1 Å². The second-order valence-corrected chi connectivity index (χ2v) is 7.77. The Bertz CT molecular complexity index is 516. The van der Waals surface area contributed by atoms with Crippen molar-refractivity contribution >= 4 is 0 Å². The van der Waals surface area contributed by atoms with Crippen LogP contribution in [0.15, 0.2) is 24.3 Å². The van der Waals surface area contributed by atoms with E-state index in [4.69, 9.17) is 9.47 Å². The number of methoxy groups -OCH3 is 1. The summed E-state index contributed by atoms with van der Waals surface area (Å²) in [4.78, 5) is 7.01. The van der Waals surface area contributed by atoms with Crippen LogP contribution in [-0.4, -0.2) is 98.6 Å². The summed E-state index contributed by atoms with van der Waals surface area (Å²) in [5.74, 6) is 0.809. The van der Waals surface area contributed by atoms with Crippen molar-refractivity contribution in [3.63, 3.8) is 0 Å². The van der Waals surface area contributed by atoms with Crippen LogP contribution in [0.5, 0.6) is 5.75 Å². The number of nitrogens with zero attached hydrogens (tertiary/aromatic N) is 3. The maximum atomic E-state index is 10.2. The number of β-amino-alcohol motifs (C(OH)–C–C–N with tert-alkyl or cyclic N) is 1. The van der Waals surface area contributed by atoms with E-state index in [1.165, 1.54) is 5.56 Å². The van der Waals surface area contributed by atoms with E-state index in [1.807, 2.05) is 12.1 Å². The van der Waals surface area contributed by atoms with Crippen molar-refractivity contribution in [2.24, 2.45) is 0 Å². The van der Waals surface area contributed by atoms with Crippen LogP contribution in [-0.2, 0) is 11.3 Å². The average Bonchev–Trinajstić information content (AvgIpc) is 2.66. The van der Waals surface area contributed by atoms with Gasteiger partial charge in [-0.05, 0) is 38.6 Å². The Morgan fingerprint density at radius 2 is 1.78 bits per heavy atom. The summed E-state index contributed by atoms with van der Waals surface area (Å²) >= 11 is 0. The molecule has 2 rings (SSSR count). The van der Waals surface area contributed by atoms with E-state index in [0.717, 1.165) is 51.6 Å². The third kappa shape index (κ3) is 8.15. The molecule has 0 radical (unpaired) electrons. The highest BCUT2D eigenvalue weighted by Crippen LogP contribution is 2.15. The Kier molecular flexibility index (Phi) is 9.51. The minimum absolute atomic E-state index is 0.331. The molecule has 1 unspecified atom stereocenters. The lowest BCUT2D eigenvalue weighted by Crippen LogP contribution is -2.47. The molecule has 6 heteroatoms. The van der Waals surface area contributed by atoms with Crippen molar-refractivity contribution in [1.29, 1.82) is 0 Å². The molecular weight excluding hydrogens is 342 g/mol. The Balaban J connectivity index is 1.74. The van der Waals surface area contributed by atoms with Gasteiger partial charge in [0.1, 0.15) is 18.5 Å². The second kappa shape index (κ2) is 11.6. The molecule has 27 heavy (non-hydrogen) atoms. The summed E-state index contributed by atoms with van der Waals surface area (Å²) in [6.07, 6.45) is -0.460. The van der Waals surface area contributed by atoms with Crippen LogP contribution in [0.1, 0.15) is 19.4 Å². The molecule has 1 aliphatic rings. The summed E-state index contributed by atoms with van der Waals surface area (Å²) in [5.41, 5.74) is 1.25. The fraction of sp³-hybridized carbons (Fsp3) is 0.714. The van der Waals surface area contributed by atoms with Crippen LogP contribution in [0, 0.1) is 0 Å². The Morgan fingerprint density at radius 1 is 1.11 bits per heavy atom. The first-order valence-corrected chi connectivity index (χ1v) is 10.0. The minimum atomic E-state index is -0.460. The maximum Gasteiger partial charge on any atom is 0.119 e. The highest BCUT2D eigenvalue weighted by atomic mass is 16.5. The zero-order chi connectivity index (χ0) is 19.6. The molecule has 1 heterocycles. The predicted molar refractivity (Wildman–Crippen MR) is 109 cm³/mol. The quantitative estimate of drug-likeness (QED) is 0.629. The number of rotatable bonds is 11. The Morgan fingerprint density at radius 3 is 2.37 bits per heavy atom. The largest absolute Gasteiger partial charge is 0.491 e. The lowest BCUT2D eigenvalue weighted by atomic mass is 10.2. The summed E-state index contributed by atoms with van der Waals surface area (Å²) in [6, 6.07) is 8.66. The van der Waals surface area contributed by atoms with Crippen LogP contribution in [0.4, 0.5) is 0 Å². The summed E-state index contributed by atoms with van der Waals surface area (Å²) < 4.78 is 11.0. The molecule has 6 nitrogen and oxygen atoms in total. The van der Waals surface area contributed by atoms with Gasteiger partial charge in [0.15, 0.2) is 0 Å². The first-order chi connectivity index (χ1) is 13.0. The molecule has 1 aromatic carbocycles. The molecule has 1 fully saturated rings. The number of aliphatic hydroxyl groups is 1. The monoisotopic (exact) mass is 379 g/mol. The third-order valence-electron chi connectivity index (χ3n) is 5.13. The van der Waals surface area contributed by atoms with Crippen molar-refractivity contribution in [3.05, 3.63) is 29.8 Å². The smallest absolute Gasteiger partial charge is 0.119 e. The molecule has 1 atom stereocenters. The average molecular weight is 380 g/mol. The number of hydrogen-bond donors (Lipinski definition) is 1. The molecule has 1 N–H and O–H groups in total. The van der Waals surface area contributed by atoms with Crippen LogP contribution in [0.25, 0.3) is 0 Å². The number of ether oxygens (including phenoxy) is 2. The molecule has 0 amide bonds. The van der Waals surface area contributed by atoms with E-state index < -0.39 is 6.10 Å². The zero-order valence-corrected chi connectivity index (χ0v) is 17.4. The summed E-state index contributed by atoms with van der Waals surface area (Å²) in [5, 5.41) is 10.2. The van der Waals surface area contributed by atoms with E-state index in [0.29, 0.717) is 19.2 Å². The van der Waals surface area contributed by atoms with Crippen LogP contribution >= 0.6 is 0 Å². The first-order valence-electron chi connectivity index (χ1n) is 10.0. The van der Waals surface area contributed by atoms with Crippen LogP contribution < -0.4 is 4.74 Å². The summed E-state index contributed by atoms with van der Waals surface area (Å²) in [7, 11) is 3.88. The van der Waals surface area contributed by atoms with Gasteiger partial charge in [0, 0.05) is 59.0 Å². The molecular formula is C21H37N3O3. The molecule has 1 aliphatic heterocycles. The lowest BCUT2D eigenvalue weighted by Gasteiger charge is -2.33. The molecule has 0 aromatic heterocycles. The van der Waals surface area contributed by atoms with Crippen molar-refractivity contribution in [1.82, 2.24) is 14.7 Å². The van der Waals surface area contributed by atoms with Crippen molar-refractivity contribution in [2.45, 2.75) is 32.5 Å². The third-order valence-corrected chi connectivity index (χ3v) is 5.13. The standard InChI is InChI=1S/C21H37N3O3/c1-18(2)24(13-14-26-4)15-19-5-7-21(8-6-19)27-17-20(25)16-23-11-9-22(3)10-12-23/h5-8,18,20,25H,9-17H2,1-4H3. The van der Waals surface area contributed by atoms with Crippen LogP contribution in [0.2, 0.25) is 0 Å². The van der Waals surface area contributed by atoms with Gasteiger partial charge in [0.2, 0.25) is 0 Å². The molecule has 0 saturated carbocycles. The first kappa shape index (κ1) is 22.1. The van der Waals surface area contributed by atoms with Gasteiger partial charge in [-0.2, -0.15) is 0 Å². The molecule has 0 aliphatic carbocycles. The van der Waals surface area contributed by atoms with Gasteiger partial charge in [-0.3, -0.25) is 9.80 Å². The molecule has 154 valence electrons. The highest BCUT2D eigenvalue weighted by Gasteiger charge is 2.17. The Hall–Kier alpha value is -1.18. The van der Waals surface area contributed by atoms with Gasteiger partial charge < -0.3 is 19.5 Å². The van der Waals surface area contributed by atoms with E-state index in [2.05, 4.69) is 47.7 Å². The Labute approximate surface area is 164 Å². The van der Waals surface area contributed by atoms with E-state index in [1.54, 1.807) is 7.11 Å². The number of piperazine rings is 1. The predicted octanol–water partition coefficient (Wildman–Crippen LogP) is 1.53. The normalized spacial score (nSPS) is 17.6. The number of likely N-dealkylation sites (N-methyl/N-ethyl adjacent to an activating group) is 1. The fourth-order valence-corrected chi connectivity index (χ4v) is 3.23. The zero-order valence-electron chi connectivity index (χ0n) is 17.4. The maximum absolute atomic E-state index is 10.2. The van der Waals surface area contributed by atoms with Crippen LogP contribution in [0.3, 0.4) is 0 Å². The molecule has 1 saturated heterocycles. The molecule has 0 bridgehead atoms.